The number of fused-ring (bicyclic) bond motifs is 4. The number of rotatable bonds is 3. The van der Waals surface area contributed by atoms with Crippen molar-refractivity contribution < 1.29 is 8.42 Å². The van der Waals surface area contributed by atoms with E-state index in [4.69, 9.17) is 4.98 Å². The van der Waals surface area contributed by atoms with Crippen molar-refractivity contribution in [3.05, 3.63) is 73.1 Å². The Morgan fingerprint density at radius 2 is 1.72 bits per heavy atom. The second-order valence-corrected chi connectivity index (χ2v) is 9.74. The van der Waals surface area contributed by atoms with Crippen LogP contribution in [-0.2, 0) is 10.0 Å². The normalized spacial score (nSPS) is 15.1. The van der Waals surface area contributed by atoms with Crippen LogP contribution in [0.2, 0.25) is 0 Å². The molecule has 1 aliphatic rings. The van der Waals surface area contributed by atoms with Crippen LogP contribution in [-0.4, -0.2) is 48.5 Å². The van der Waals surface area contributed by atoms with E-state index in [1.165, 1.54) is 3.97 Å². The van der Waals surface area contributed by atoms with Gasteiger partial charge in [-0.15, -0.1) is 0 Å². The predicted octanol–water partition coefficient (Wildman–Crippen LogP) is 3.38. The number of piperazine rings is 1. The van der Waals surface area contributed by atoms with Crippen LogP contribution in [0.3, 0.4) is 0 Å². The molecule has 1 saturated heterocycles. The van der Waals surface area contributed by atoms with Gasteiger partial charge in [0.15, 0.2) is 0 Å². The molecule has 1 fully saturated rings. The first kappa shape index (κ1) is 19.2. The number of anilines is 1. The van der Waals surface area contributed by atoms with Gasteiger partial charge in [0.1, 0.15) is 5.82 Å². The zero-order valence-corrected chi connectivity index (χ0v) is 18.1. The molecule has 0 amide bonds. The summed E-state index contributed by atoms with van der Waals surface area (Å²) in [5, 5.41) is 5.81. The van der Waals surface area contributed by atoms with E-state index in [0.29, 0.717) is 5.52 Å². The molecule has 8 heteroatoms. The van der Waals surface area contributed by atoms with E-state index in [-0.39, 0.29) is 4.90 Å². The molecule has 0 saturated carbocycles. The molecule has 0 bridgehead atoms. The molecule has 6 rings (SSSR count). The summed E-state index contributed by atoms with van der Waals surface area (Å²) >= 11 is 0. The lowest BCUT2D eigenvalue weighted by Crippen LogP contribution is -2.44. The van der Waals surface area contributed by atoms with Gasteiger partial charge >= 0.3 is 0 Å². The Morgan fingerprint density at radius 3 is 2.59 bits per heavy atom. The highest BCUT2D eigenvalue weighted by molar-refractivity contribution is 7.90. The summed E-state index contributed by atoms with van der Waals surface area (Å²) in [5.41, 5.74) is 2.21. The number of hydrogen-bond acceptors (Lipinski definition) is 6. The Kier molecular flexibility index (Phi) is 4.38. The van der Waals surface area contributed by atoms with Crippen LogP contribution in [0.15, 0.2) is 78.0 Å². The van der Waals surface area contributed by atoms with Crippen LogP contribution in [0.4, 0.5) is 5.82 Å². The molecule has 0 aliphatic carbocycles. The number of nitrogens with zero attached hydrogens (tertiary/aromatic N) is 4. The van der Waals surface area contributed by atoms with Crippen molar-refractivity contribution in [3.8, 4) is 0 Å². The van der Waals surface area contributed by atoms with E-state index >= 15 is 0 Å². The van der Waals surface area contributed by atoms with Gasteiger partial charge in [-0.1, -0.05) is 24.3 Å². The molecule has 0 spiro atoms. The average molecular weight is 444 g/mol. The number of pyridine rings is 2. The molecule has 1 aliphatic heterocycles. The zero-order valence-electron chi connectivity index (χ0n) is 17.3. The minimum Gasteiger partial charge on any atom is -0.353 e. The van der Waals surface area contributed by atoms with E-state index in [0.717, 1.165) is 59.2 Å². The van der Waals surface area contributed by atoms with Crippen LogP contribution in [0.1, 0.15) is 0 Å². The summed E-state index contributed by atoms with van der Waals surface area (Å²) in [5.74, 6) is 0.830. The fourth-order valence-electron chi connectivity index (χ4n) is 4.45. The quantitative estimate of drug-likeness (QED) is 0.461. The lowest BCUT2D eigenvalue weighted by Gasteiger charge is -2.29. The molecule has 7 nitrogen and oxygen atoms in total. The zero-order chi connectivity index (χ0) is 21.7. The SMILES string of the molecule is O=S(=O)(c1ccc2ncccc2c1)n1ccc2c(N3CCNCC3)nc3ccccc3c21. The highest BCUT2D eigenvalue weighted by Gasteiger charge is 2.24. The van der Waals surface area contributed by atoms with Crippen molar-refractivity contribution in [2.45, 2.75) is 4.90 Å². The molecule has 3 aromatic heterocycles. The third-order valence-electron chi connectivity index (χ3n) is 6.03. The second-order valence-electron chi connectivity index (χ2n) is 7.93. The summed E-state index contributed by atoms with van der Waals surface area (Å²) in [6.07, 6.45) is 3.35. The first-order chi connectivity index (χ1) is 15.6. The topological polar surface area (TPSA) is 80.1 Å². The van der Waals surface area contributed by atoms with E-state index in [9.17, 15) is 8.42 Å². The van der Waals surface area contributed by atoms with Crippen LogP contribution in [0.5, 0.6) is 0 Å². The maximum absolute atomic E-state index is 13.8. The summed E-state index contributed by atoms with van der Waals surface area (Å²) in [4.78, 5) is 11.7. The van der Waals surface area contributed by atoms with E-state index in [2.05, 4.69) is 15.2 Å². The number of nitrogens with one attached hydrogen (secondary N) is 1. The predicted molar refractivity (Wildman–Crippen MR) is 127 cm³/mol. The third kappa shape index (κ3) is 2.95. The second kappa shape index (κ2) is 7.29. The summed E-state index contributed by atoms with van der Waals surface area (Å²) in [7, 11) is -3.82. The van der Waals surface area contributed by atoms with Crippen LogP contribution in [0.25, 0.3) is 32.7 Å². The minimum absolute atomic E-state index is 0.236. The van der Waals surface area contributed by atoms with Crippen molar-refractivity contribution in [3.63, 3.8) is 0 Å². The minimum atomic E-state index is -3.82. The van der Waals surface area contributed by atoms with Crippen molar-refractivity contribution in [1.29, 1.82) is 0 Å². The van der Waals surface area contributed by atoms with Gasteiger partial charge in [-0.3, -0.25) is 4.98 Å². The van der Waals surface area contributed by atoms with Gasteiger partial charge in [-0.2, -0.15) is 0 Å². The lowest BCUT2D eigenvalue weighted by atomic mass is 10.1. The van der Waals surface area contributed by atoms with Crippen molar-refractivity contribution in [2.24, 2.45) is 0 Å². The van der Waals surface area contributed by atoms with Crippen LogP contribution >= 0.6 is 0 Å². The summed E-state index contributed by atoms with van der Waals surface area (Å²) in [6, 6.07) is 18.3. The number of para-hydroxylation sites is 1. The fourth-order valence-corrected chi connectivity index (χ4v) is 5.85. The van der Waals surface area contributed by atoms with Gasteiger partial charge in [-0.05, 0) is 36.4 Å². The molecule has 0 radical (unpaired) electrons. The van der Waals surface area contributed by atoms with Crippen molar-refractivity contribution in [1.82, 2.24) is 19.3 Å². The Labute approximate surface area is 185 Å². The third-order valence-corrected chi connectivity index (χ3v) is 7.70. The molecule has 0 unspecified atom stereocenters. The highest BCUT2D eigenvalue weighted by atomic mass is 32.2. The number of hydrogen-bond donors (Lipinski definition) is 1. The Hall–Kier alpha value is -3.49. The summed E-state index contributed by atoms with van der Waals surface area (Å²) in [6.45, 7) is 3.41. The fraction of sp³-hybridized carbons (Fsp3) is 0.167. The van der Waals surface area contributed by atoms with Crippen LogP contribution in [0, 0.1) is 0 Å². The van der Waals surface area contributed by atoms with E-state index in [1.807, 2.05) is 42.5 Å². The maximum atomic E-state index is 13.8. The molecule has 32 heavy (non-hydrogen) atoms. The van der Waals surface area contributed by atoms with Crippen molar-refractivity contribution in [2.75, 3.05) is 31.1 Å². The smallest absolute Gasteiger partial charge is 0.268 e. The average Bonchev–Trinajstić information content (AvgIpc) is 3.30. The van der Waals surface area contributed by atoms with E-state index < -0.39 is 10.0 Å². The van der Waals surface area contributed by atoms with Gasteiger partial charge in [0.05, 0.1) is 21.4 Å². The van der Waals surface area contributed by atoms with E-state index in [1.54, 1.807) is 30.6 Å². The molecule has 1 N–H and O–H groups in total. The Balaban J connectivity index is 1.61. The molecule has 0 atom stereocenters. The highest BCUT2D eigenvalue weighted by Crippen LogP contribution is 2.34. The van der Waals surface area contributed by atoms with Gasteiger partial charge in [0, 0.05) is 54.7 Å². The molecule has 5 aromatic rings. The van der Waals surface area contributed by atoms with Gasteiger partial charge in [-0.25, -0.2) is 17.4 Å². The molecular weight excluding hydrogens is 422 g/mol. The Morgan fingerprint density at radius 1 is 0.875 bits per heavy atom. The van der Waals surface area contributed by atoms with Crippen LogP contribution < -0.4 is 10.2 Å². The number of benzene rings is 2. The van der Waals surface area contributed by atoms with Crippen molar-refractivity contribution >= 4 is 48.5 Å². The molecule has 160 valence electrons. The Bertz CT molecular complexity index is 1590. The standard InChI is InChI=1S/C24H21N5O2S/c30-32(31,18-7-8-21-17(16-18)4-3-10-26-21)29-13-9-20-23(29)19-5-1-2-6-22(19)27-24(20)28-14-11-25-12-15-28/h1-10,13,16,25H,11-12,14-15H2. The molecule has 4 heterocycles. The molecular formula is C24H21N5O2S. The monoisotopic (exact) mass is 443 g/mol. The number of aromatic nitrogens is 3. The van der Waals surface area contributed by atoms with Gasteiger partial charge < -0.3 is 10.2 Å². The van der Waals surface area contributed by atoms with Gasteiger partial charge in [0.2, 0.25) is 0 Å². The summed E-state index contributed by atoms with van der Waals surface area (Å²) < 4.78 is 29.0. The lowest BCUT2D eigenvalue weighted by molar-refractivity contribution is 0.586. The largest absolute Gasteiger partial charge is 0.353 e. The van der Waals surface area contributed by atoms with Gasteiger partial charge in [0.25, 0.3) is 10.0 Å². The first-order valence-corrected chi connectivity index (χ1v) is 12.0. The molecule has 2 aromatic carbocycles. The first-order valence-electron chi connectivity index (χ1n) is 10.6. The maximum Gasteiger partial charge on any atom is 0.268 e.